The fourth-order valence-corrected chi connectivity index (χ4v) is 5.21. The predicted molar refractivity (Wildman–Crippen MR) is 163 cm³/mol. The molecular weight excluding hydrogens is 571 g/mol. The van der Waals surface area contributed by atoms with Crippen LogP contribution < -0.4 is 16.0 Å². The van der Waals surface area contributed by atoms with E-state index >= 15 is 0 Å². The Hall–Kier alpha value is -4.03. The molecule has 12 heteroatoms. The highest BCUT2D eigenvalue weighted by atomic mass is 19.4. The Morgan fingerprint density at radius 2 is 1.70 bits per heavy atom. The highest BCUT2D eigenvalue weighted by Crippen LogP contribution is 2.34. The fourth-order valence-electron chi connectivity index (χ4n) is 5.21. The Kier molecular flexibility index (Phi) is 9.80. The van der Waals surface area contributed by atoms with Crippen LogP contribution in [0.25, 0.3) is 0 Å². The summed E-state index contributed by atoms with van der Waals surface area (Å²) in [6.07, 6.45) is 1.35. The van der Waals surface area contributed by atoms with Crippen LogP contribution in [-0.2, 0) is 24.1 Å². The third-order valence-electron chi connectivity index (χ3n) is 7.94. The zero-order valence-electron chi connectivity index (χ0n) is 25.0. The van der Waals surface area contributed by atoms with Crippen LogP contribution in [0, 0.1) is 12.8 Å². The molecule has 5 rings (SSSR count). The molecule has 0 unspecified atom stereocenters. The number of nitrogens with one attached hydrogen (secondary N) is 3. The van der Waals surface area contributed by atoms with Gasteiger partial charge in [-0.1, -0.05) is 19.1 Å². The molecule has 1 aliphatic heterocycles. The van der Waals surface area contributed by atoms with Crippen molar-refractivity contribution in [2.24, 2.45) is 5.92 Å². The van der Waals surface area contributed by atoms with E-state index in [4.69, 9.17) is 0 Å². The second-order valence-corrected chi connectivity index (χ2v) is 11.5. The number of halogens is 3. The summed E-state index contributed by atoms with van der Waals surface area (Å²) in [5.74, 6) is -0.193. The first kappa shape index (κ1) is 31.4. The van der Waals surface area contributed by atoms with Gasteiger partial charge in [-0.05, 0) is 68.1 Å². The number of alkyl halides is 3. The van der Waals surface area contributed by atoms with Crippen LogP contribution in [0.15, 0.2) is 48.8 Å². The maximum atomic E-state index is 14.1. The molecular formula is C32H38F3N7O2. The maximum absolute atomic E-state index is 14.1. The molecule has 2 fully saturated rings. The molecule has 1 aromatic heterocycles. The Labute approximate surface area is 255 Å². The summed E-state index contributed by atoms with van der Waals surface area (Å²) in [5, 5.41) is 8.74. The molecule has 0 atom stereocenters. The van der Waals surface area contributed by atoms with Crippen LogP contribution >= 0.6 is 0 Å². The van der Waals surface area contributed by atoms with Crippen molar-refractivity contribution in [3.05, 3.63) is 76.7 Å². The number of aromatic nitrogens is 2. The van der Waals surface area contributed by atoms with Gasteiger partial charge in [0.1, 0.15) is 0 Å². The number of hydrogen-bond donors (Lipinski definition) is 3. The minimum atomic E-state index is -4.58. The molecule has 0 radical (unpaired) electrons. The number of piperazine rings is 1. The molecule has 44 heavy (non-hydrogen) atoms. The van der Waals surface area contributed by atoms with Gasteiger partial charge in [0.05, 0.1) is 30.2 Å². The van der Waals surface area contributed by atoms with E-state index in [1.807, 2.05) is 17.9 Å². The van der Waals surface area contributed by atoms with Gasteiger partial charge >= 0.3 is 6.18 Å². The summed E-state index contributed by atoms with van der Waals surface area (Å²) < 4.78 is 42.2. The Morgan fingerprint density at radius 3 is 2.36 bits per heavy atom. The number of benzene rings is 2. The zero-order chi connectivity index (χ0) is 31.3. The largest absolute Gasteiger partial charge is 0.416 e. The summed E-state index contributed by atoms with van der Waals surface area (Å²) in [4.78, 5) is 37.9. The first-order valence-corrected chi connectivity index (χ1v) is 15.0. The summed E-state index contributed by atoms with van der Waals surface area (Å²) >= 11 is 0. The van der Waals surface area contributed by atoms with Gasteiger partial charge in [-0.3, -0.25) is 19.5 Å². The third kappa shape index (κ3) is 8.32. The summed E-state index contributed by atoms with van der Waals surface area (Å²) in [7, 11) is 0. The van der Waals surface area contributed by atoms with Crippen LogP contribution in [0.1, 0.15) is 58.9 Å². The monoisotopic (exact) mass is 609 g/mol. The average Bonchev–Trinajstić information content (AvgIpc) is 3.85. The molecule has 1 saturated heterocycles. The van der Waals surface area contributed by atoms with Gasteiger partial charge in [-0.15, -0.1) is 0 Å². The molecule has 3 N–H and O–H groups in total. The van der Waals surface area contributed by atoms with Crippen molar-refractivity contribution >= 4 is 29.0 Å². The molecule has 2 aromatic carbocycles. The van der Waals surface area contributed by atoms with E-state index in [0.717, 1.165) is 56.2 Å². The summed E-state index contributed by atoms with van der Waals surface area (Å²) in [5.41, 5.74) is 2.03. The van der Waals surface area contributed by atoms with E-state index in [1.165, 1.54) is 18.3 Å². The van der Waals surface area contributed by atoms with Crippen molar-refractivity contribution in [2.45, 2.75) is 52.4 Å². The molecule has 1 aliphatic carbocycles. The lowest BCUT2D eigenvalue weighted by Gasteiger charge is -2.35. The van der Waals surface area contributed by atoms with E-state index in [9.17, 15) is 22.8 Å². The molecule has 2 amide bonds. The lowest BCUT2D eigenvalue weighted by Crippen LogP contribution is -2.46. The second-order valence-electron chi connectivity index (χ2n) is 11.5. The molecule has 0 spiro atoms. The molecule has 3 aromatic rings. The lowest BCUT2D eigenvalue weighted by molar-refractivity contribution is -0.138. The number of anilines is 3. The number of hydrogen-bond acceptors (Lipinski definition) is 7. The van der Waals surface area contributed by atoms with Gasteiger partial charge in [0, 0.05) is 55.6 Å². The number of aryl methyl sites for hydroxylation is 1. The first-order valence-electron chi connectivity index (χ1n) is 15.0. The quantitative estimate of drug-likeness (QED) is 0.262. The molecule has 2 aliphatic rings. The number of carbonyl (C=O) groups excluding carboxylic acids is 2. The highest BCUT2D eigenvalue weighted by Gasteiger charge is 2.35. The second kappa shape index (κ2) is 13.7. The van der Waals surface area contributed by atoms with Crippen LogP contribution in [0.2, 0.25) is 0 Å². The molecule has 0 bridgehead atoms. The topological polar surface area (TPSA) is 102 Å². The van der Waals surface area contributed by atoms with Crippen molar-refractivity contribution in [1.29, 1.82) is 0 Å². The maximum Gasteiger partial charge on any atom is 0.416 e. The van der Waals surface area contributed by atoms with E-state index in [2.05, 4.69) is 37.7 Å². The fraction of sp³-hybridized carbons (Fsp3) is 0.438. The van der Waals surface area contributed by atoms with Crippen molar-refractivity contribution in [2.75, 3.05) is 48.7 Å². The van der Waals surface area contributed by atoms with E-state index in [-0.39, 0.29) is 29.5 Å². The third-order valence-corrected chi connectivity index (χ3v) is 7.94. The van der Waals surface area contributed by atoms with Crippen molar-refractivity contribution in [3.8, 4) is 0 Å². The zero-order valence-corrected chi connectivity index (χ0v) is 25.0. The smallest absolute Gasteiger partial charge is 0.379 e. The van der Waals surface area contributed by atoms with Gasteiger partial charge in [0.2, 0.25) is 5.91 Å². The minimum Gasteiger partial charge on any atom is -0.379 e. The van der Waals surface area contributed by atoms with Crippen molar-refractivity contribution in [1.82, 2.24) is 19.8 Å². The highest BCUT2D eigenvalue weighted by molar-refractivity contribution is 6.04. The van der Waals surface area contributed by atoms with Gasteiger partial charge in [0.15, 0.2) is 5.82 Å². The molecule has 1 saturated carbocycles. The molecule has 9 nitrogen and oxygen atoms in total. The molecule has 234 valence electrons. The van der Waals surface area contributed by atoms with Gasteiger partial charge in [-0.2, -0.15) is 13.2 Å². The van der Waals surface area contributed by atoms with Gasteiger partial charge < -0.3 is 20.9 Å². The SMILES string of the molecule is CCCN1CCN(Cc2ccc(C(=O)Nc3ccc(C)c(NCc4cnc(NC(=O)C5CC5)cn4)c3)cc2C(F)(F)F)CC1. The number of carbonyl (C=O) groups is 2. The van der Waals surface area contributed by atoms with Crippen molar-refractivity contribution < 1.29 is 22.8 Å². The normalized spacial score (nSPS) is 16.0. The average molecular weight is 610 g/mol. The summed E-state index contributed by atoms with van der Waals surface area (Å²) in [6, 6.07) is 9.05. The predicted octanol–water partition coefficient (Wildman–Crippen LogP) is 5.54. The van der Waals surface area contributed by atoms with Crippen LogP contribution in [0.3, 0.4) is 0 Å². The summed E-state index contributed by atoms with van der Waals surface area (Å²) in [6.45, 7) is 8.62. The van der Waals surface area contributed by atoms with Crippen LogP contribution in [-0.4, -0.2) is 64.3 Å². The number of nitrogens with zero attached hydrogens (tertiary/aromatic N) is 4. The van der Waals surface area contributed by atoms with Crippen molar-refractivity contribution in [3.63, 3.8) is 0 Å². The van der Waals surface area contributed by atoms with Gasteiger partial charge in [0.25, 0.3) is 5.91 Å². The van der Waals surface area contributed by atoms with Gasteiger partial charge in [-0.25, -0.2) is 4.98 Å². The lowest BCUT2D eigenvalue weighted by atomic mass is 10.0. The molecule has 2 heterocycles. The number of rotatable bonds is 11. The minimum absolute atomic E-state index is 0.0401. The first-order chi connectivity index (χ1) is 21.1. The van der Waals surface area contributed by atoms with E-state index < -0.39 is 17.6 Å². The van der Waals surface area contributed by atoms with Crippen LogP contribution in [0.5, 0.6) is 0 Å². The van der Waals surface area contributed by atoms with E-state index in [1.54, 1.807) is 18.3 Å². The number of amides is 2. The Morgan fingerprint density at radius 1 is 0.955 bits per heavy atom. The van der Waals surface area contributed by atoms with E-state index in [0.29, 0.717) is 36.8 Å². The standard InChI is InChI=1S/C32H38F3N7O2/c1-3-10-41-11-13-42(14-12-41)20-24-8-7-23(15-27(24)32(33,34)35)31(44)39-25-9-4-21(2)28(16-25)37-17-26-18-38-29(19-36-26)40-30(43)22-5-6-22/h4,7-9,15-16,18-19,22,37H,3,5-6,10-14,17,20H2,1-2H3,(H,39,44)(H,38,40,43). The Balaban J connectivity index is 1.21. The van der Waals surface area contributed by atoms with Crippen LogP contribution in [0.4, 0.5) is 30.4 Å². The Bertz CT molecular complexity index is 1470.